The maximum atomic E-state index is 13.6. The van der Waals surface area contributed by atoms with Gasteiger partial charge in [-0.3, -0.25) is 9.69 Å². The average molecular weight is 542 g/mol. The van der Waals surface area contributed by atoms with Crippen LogP contribution in [0.25, 0.3) is 0 Å². The van der Waals surface area contributed by atoms with E-state index < -0.39 is 10.0 Å². The van der Waals surface area contributed by atoms with Crippen molar-refractivity contribution >= 4 is 27.5 Å². The molecule has 0 atom stereocenters. The SMILES string of the molecule is COc1ccc(S(=O)(=O)N(CCc2ccccc2)CC(=O)N2CCN(Cc3ccccc3)CC2)cc1Cl. The molecule has 0 radical (unpaired) electrons. The van der Waals surface area contributed by atoms with E-state index in [1.165, 1.54) is 35.2 Å². The zero-order valence-electron chi connectivity index (χ0n) is 20.9. The van der Waals surface area contributed by atoms with E-state index >= 15 is 0 Å². The van der Waals surface area contributed by atoms with Crippen LogP contribution in [-0.4, -0.2) is 74.8 Å². The highest BCUT2D eigenvalue weighted by Crippen LogP contribution is 2.28. The molecule has 1 aliphatic rings. The number of benzene rings is 3. The highest BCUT2D eigenvalue weighted by Gasteiger charge is 2.30. The Labute approximate surface area is 224 Å². The van der Waals surface area contributed by atoms with Crippen molar-refractivity contribution in [3.63, 3.8) is 0 Å². The second-order valence-corrected chi connectivity index (χ2v) is 11.4. The van der Waals surface area contributed by atoms with E-state index in [-0.39, 0.29) is 28.9 Å². The lowest BCUT2D eigenvalue weighted by Crippen LogP contribution is -2.51. The number of piperazine rings is 1. The van der Waals surface area contributed by atoms with Gasteiger partial charge >= 0.3 is 0 Å². The van der Waals surface area contributed by atoms with Crippen LogP contribution in [0.3, 0.4) is 0 Å². The van der Waals surface area contributed by atoms with Gasteiger partial charge in [-0.05, 0) is 35.7 Å². The van der Waals surface area contributed by atoms with Gasteiger partial charge in [0, 0.05) is 39.3 Å². The molecule has 1 aliphatic heterocycles. The normalized spacial score (nSPS) is 14.6. The minimum atomic E-state index is -3.97. The third-order valence-electron chi connectivity index (χ3n) is 6.54. The minimum Gasteiger partial charge on any atom is -0.495 e. The average Bonchev–Trinajstić information content (AvgIpc) is 2.92. The van der Waals surface area contributed by atoms with Crippen molar-refractivity contribution < 1.29 is 17.9 Å². The topological polar surface area (TPSA) is 70.2 Å². The maximum Gasteiger partial charge on any atom is 0.243 e. The fraction of sp³-hybridized carbons (Fsp3) is 0.321. The number of hydrogen-bond acceptors (Lipinski definition) is 5. The Balaban J connectivity index is 1.45. The van der Waals surface area contributed by atoms with Crippen LogP contribution in [0.5, 0.6) is 5.75 Å². The number of carbonyl (C=O) groups excluding carboxylic acids is 1. The van der Waals surface area contributed by atoms with Gasteiger partial charge in [-0.15, -0.1) is 0 Å². The number of nitrogens with zero attached hydrogens (tertiary/aromatic N) is 3. The summed E-state index contributed by atoms with van der Waals surface area (Å²) in [4.78, 5) is 17.4. The third-order valence-corrected chi connectivity index (χ3v) is 8.68. The predicted octanol–water partition coefficient (Wildman–Crippen LogP) is 3.93. The van der Waals surface area contributed by atoms with Crippen molar-refractivity contribution in [3.8, 4) is 5.75 Å². The number of carbonyl (C=O) groups is 1. The summed E-state index contributed by atoms with van der Waals surface area (Å²) < 4.78 is 33.7. The quantitative estimate of drug-likeness (QED) is 0.389. The molecule has 1 fully saturated rings. The van der Waals surface area contributed by atoms with Gasteiger partial charge in [0.2, 0.25) is 15.9 Å². The summed E-state index contributed by atoms with van der Waals surface area (Å²) in [6.45, 7) is 3.39. The molecule has 3 aromatic rings. The number of amides is 1. The number of methoxy groups -OCH3 is 1. The lowest BCUT2D eigenvalue weighted by molar-refractivity contribution is -0.133. The summed E-state index contributed by atoms with van der Waals surface area (Å²) in [6.07, 6.45) is 0.488. The van der Waals surface area contributed by atoms with E-state index in [1.807, 2.05) is 48.5 Å². The van der Waals surface area contributed by atoms with Gasteiger partial charge in [0.25, 0.3) is 0 Å². The highest BCUT2D eigenvalue weighted by molar-refractivity contribution is 7.89. The molecule has 0 spiro atoms. The zero-order valence-corrected chi connectivity index (χ0v) is 22.5. The summed E-state index contributed by atoms with van der Waals surface area (Å²) in [5.41, 5.74) is 2.23. The molecular formula is C28H32ClN3O4S. The Bertz CT molecular complexity index is 1280. The Morgan fingerprint density at radius 3 is 2.14 bits per heavy atom. The Kier molecular flexibility index (Phi) is 9.21. The molecule has 37 heavy (non-hydrogen) atoms. The smallest absolute Gasteiger partial charge is 0.243 e. The molecule has 0 saturated carbocycles. The van der Waals surface area contributed by atoms with E-state index in [1.54, 1.807) is 4.90 Å². The van der Waals surface area contributed by atoms with Gasteiger partial charge in [-0.2, -0.15) is 4.31 Å². The van der Waals surface area contributed by atoms with Crippen LogP contribution >= 0.6 is 11.6 Å². The van der Waals surface area contributed by atoms with E-state index in [0.29, 0.717) is 25.3 Å². The highest BCUT2D eigenvalue weighted by atomic mass is 35.5. The first-order chi connectivity index (χ1) is 17.9. The molecule has 3 aromatic carbocycles. The largest absolute Gasteiger partial charge is 0.495 e. The number of sulfonamides is 1. The van der Waals surface area contributed by atoms with Gasteiger partial charge in [0.05, 0.1) is 23.6 Å². The van der Waals surface area contributed by atoms with Crippen molar-refractivity contribution in [2.45, 2.75) is 17.9 Å². The first-order valence-corrected chi connectivity index (χ1v) is 14.1. The molecule has 1 amide bonds. The number of hydrogen-bond donors (Lipinski definition) is 0. The Morgan fingerprint density at radius 1 is 0.919 bits per heavy atom. The van der Waals surface area contributed by atoms with Crippen molar-refractivity contribution in [3.05, 3.63) is 95.0 Å². The molecule has 1 saturated heterocycles. The fourth-order valence-electron chi connectivity index (χ4n) is 4.39. The number of rotatable bonds is 10. The van der Waals surface area contributed by atoms with E-state index in [9.17, 15) is 13.2 Å². The second kappa shape index (κ2) is 12.6. The zero-order chi connectivity index (χ0) is 26.3. The molecule has 0 aliphatic carbocycles. The number of ether oxygens (including phenoxy) is 1. The molecule has 1 heterocycles. The predicted molar refractivity (Wildman–Crippen MR) is 145 cm³/mol. The molecule has 7 nitrogen and oxygen atoms in total. The van der Waals surface area contributed by atoms with Gasteiger partial charge in [-0.1, -0.05) is 72.3 Å². The fourth-order valence-corrected chi connectivity index (χ4v) is 6.13. The molecule has 0 N–H and O–H groups in total. The summed E-state index contributed by atoms with van der Waals surface area (Å²) in [5, 5.41) is 0.201. The summed E-state index contributed by atoms with van der Waals surface area (Å²) in [5.74, 6) is 0.191. The lowest BCUT2D eigenvalue weighted by atomic mass is 10.1. The molecule has 9 heteroatoms. The summed E-state index contributed by atoms with van der Waals surface area (Å²) in [7, 11) is -2.50. The van der Waals surface area contributed by atoms with E-state index in [2.05, 4.69) is 17.0 Å². The third kappa shape index (κ3) is 7.11. The molecule has 0 aromatic heterocycles. The summed E-state index contributed by atoms with van der Waals surface area (Å²) in [6, 6.07) is 24.2. The molecule has 4 rings (SSSR count). The van der Waals surface area contributed by atoms with Crippen molar-refractivity contribution in [1.82, 2.24) is 14.1 Å². The Hall–Kier alpha value is -2.91. The monoisotopic (exact) mass is 541 g/mol. The standard InChI is InChI=1S/C28H32ClN3O4S/c1-36-27-13-12-25(20-26(27)29)37(34,35)32(15-14-23-8-4-2-5-9-23)22-28(33)31-18-16-30(17-19-31)21-24-10-6-3-7-11-24/h2-13,20H,14-19,21-22H2,1H3. The van der Waals surface area contributed by atoms with Gasteiger partial charge in [-0.25, -0.2) is 8.42 Å². The molecular weight excluding hydrogens is 510 g/mol. The van der Waals surface area contributed by atoms with Gasteiger partial charge < -0.3 is 9.64 Å². The van der Waals surface area contributed by atoms with Gasteiger partial charge in [0.15, 0.2) is 0 Å². The van der Waals surface area contributed by atoms with Crippen LogP contribution < -0.4 is 4.74 Å². The molecule has 0 bridgehead atoms. The lowest BCUT2D eigenvalue weighted by Gasteiger charge is -2.35. The van der Waals surface area contributed by atoms with Crippen LogP contribution in [0.2, 0.25) is 5.02 Å². The van der Waals surface area contributed by atoms with Crippen molar-refractivity contribution in [2.24, 2.45) is 0 Å². The molecule has 0 unspecified atom stereocenters. The maximum absolute atomic E-state index is 13.6. The van der Waals surface area contributed by atoms with Gasteiger partial charge in [0.1, 0.15) is 5.75 Å². The first kappa shape index (κ1) is 27.1. The van der Waals surface area contributed by atoms with Crippen molar-refractivity contribution in [1.29, 1.82) is 0 Å². The van der Waals surface area contributed by atoms with Crippen LogP contribution in [0, 0.1) is 0 Å². The summed E-state index contributed by atoms with van der Waals surface area (Å²) >= 11 is 6.22. The Morgan fingerprint density at radius 2 is 1.54 bits per heavy atom. The van der Waals surface area contributed by atoms with Crippen LogP contribution in [0.1, 0.15) is 11.1 Å². The van der Waals surface area contributed by atoms with E-state index in [4.69, 9.17) is 16.3 Å². The first-order valence-electron chi connectivity index (χ1n) is 12.3. The minimum absolute atomic E-state index is 0.0341. The van der Waals surface area contributed by atoms with Crippen molar-refractivity contribution in [2.75, 3.05) is 46.4 Å². The number of halogens is 1. The van der Waals surface area contributed by atoms with Crippen LogP contribution in [0.15, 0.2) is 83.8 Å². The molecule has 196 valence electrons. The second-order valence-electron chi connectivity index (χ2n) is 9.01. The van der Waals surface area contributed by atoms with Crippen LogP contribution in [-0.2, 0) is 27.8 Å². The van der Waals surface area contributed by atoms with E-state index in [0.717, 1.165) is 25.2 Å². The van der Waals surface area contributed by atoms with Crippen LogP contribution in [0.4, 0.5) is 0 Å².